The van der Waals surface area contributed by atoms with Crippen molar-refractivity contribution >= 4 is 19.8 Å². The monoisotopic (exact) mass is 1120 g/mol. The number of phosphoric ester groups is 1. The summed E-state index contributed by atoms with van der Waals surface area (Å²) in [6.45, 7) is 6.49. The Morgan fingerprint density at radius 3 is 1.00 bits per heavy atom. The largest absolute Gasteiger partial charge is 0.472 e. The number of carbonyl (C=O) groups is 2. The van der Waals surface area contributed by atoms with Crippen LogP contribution in [-0.2, 0) is 37.4 Å². The van der Waals surface area contributed by atoms with E-state index in [0.29, 0.717) is 19.4 Å². The predicted octanol–water partition coefficient (Wildman–Crippen LogP) is 16.6. The number of rotatable bonds is 58. The van der Waals surface area contributed by atoms with Crippen LogP contribution in [0.5, 0.6) is 0 Å². The van der Waals surface area contributed by atoms with Crippen LogP contribution in [-0.4, -0.2) is 99.8 Å². The summed E-state index contributed by atoms with van der Waals surface area (Å²) in [7, 11) is -5.14. The van der Waals surface area contributed by atoms with E-state index in [-0.39, 0.29) is 19.4 Å². The summed E-state index contributed by atoms with van der Waals surface area (Å²) in [5, 5.41) is 42.8. The molecule has 14 heteroatoms. The lowest BCUT2D eigenvalue weighted by atomic mass is 9.85. The van der Waals surface area contributed by atoms with E-state index < -0.39 is 69.1 Å². The summed E-state index contributed by atoms with van der Waals surface area (Å²) in [5.74, 6) is -1.22. The second kappa shape index (κ2) is 52.9. The molecule has 13 nitrogen and oxygen atoms in total. The number of ether oxygens (including phenoxy) is 3. The molecule has 1 unspecified atom stereocenters. The molecule has 1 fully saturated rings. The molecule has 0 aromatic rings. The molecular weight excluding hydrogens is 996 g/mol. The van der Waals surface area contributed by atoms with Crippen molar-refractivity contribution in [2.24, 2.45) is 0 Å². The minimum absolute atomic E-state index is 0.0122. The maximum Gasteiger partial charge on any atom is 0.472 e. The van der Waals surface area contributed by atoms with Crippen molar-refractivity contribution in [3.8, 4) is 0 Å². The van der Waals surface area contributed by atoms with E-state index in [2.05, 4.69) is 20.8 Å². The van der Waals surface area contributed by atoms with Gasteiger partial charge in [-0.1, -0.05) is 297 Å². The van der Waals surface area contributed by atoms with Crippen molar-refractivity contribution < 1.29 is 62.7 Å². The Morgan fingerprint density at radius 1 is 0.377 bits per heavy atom. The zero-order valence-corrected chi connectivity index (χ0v) is 50.9. The fourth-order valence-corrected chi connectivity index (χ4v) is 11.6. The minimum Gasteiger partial charge on any atom is -0.457 e. The van der Waals surface area contributed by atoms with Crippen LogP contribution in [0.15, 0.2) is 0 Å². The fourth-order valence-electron chi connectivity index (χ4n) is 10.6. The van der Waals surface area contributed by atoms with Gasteiger partial charge >= 0.3 is 19.8 Å². The number of phosphoric acid groups is 1. The van der Waals surface area contributed by atoms with E-state index in [4.69, 9.17) is 23.3 Å². The highest BCUT2D eigenvalue weighted by Crippen LogP contribution is 2.47. The summed E-state index contributed by atoms with van der Waals surface area (Å²) in [5.41, 5.74) is 0. The first kappa shape index (κ1) is 73.9. The summed E-state index contributed by atoms with van der Waals surface area (Å²) < 4.78 is 41.3. The normalized spacial score (nSPS) is 19.8. The lowest BCUT2D eigenvalue weighted by Crippen LogP contribution is -2.65. The average Bonchev–Trinajstić information content (AvgIpc) is 3.42. The third kappa shape index (κ3) is 43.2. The van der Waals surface area contributed by atoms with E-state index in [1.807, 2.05) is 0 Å². The van der Waals surface area contributed by atoms with Gasteiger partial charge in [-0.2, -0.15) is 0 Å². The molecule has 0 aliphatic heterocycles. The van der Waals surface area contributed by atoms with Gasteiger partial charge in [0.05, 0.1) is 13.2 Å². The first-order valence-electron chi connectivity index (χ1n) is 32.8. The standard InChI is InChI=1S/C63H123O13P/c1-4-7-10-13-16-19-22-25-27-29-30-33-36-38-41-44-47-50-56(64)74-55(53-72-52-49-46-43-40-37-34-31-28-26-23-20-17-14-11-8-5-2)54-73-77(70,71)76-63-61(69)59(67)58(66)60(68)62(63)75-57(65)51-48-45-42-39-35-32-24-21-18-15-12-9-6-3/h55,58-63,66-69H,4-54H2,1-3H3,(H,70,71)/t55-,58+,59+,60-,61-,62-,63+/m1/s1. The first-order valence-corrected chi connectivity index (χ1v) is 34.3. The number of unbranched alkanes of at least 4 members (excludes halogenated alkanes) is 43. The smallest absolute Gasteiger partial charge is 0.457 e. The Labute approximate surface area is 472 Å². The Bertz CT molecular complexity index is 1360. The molecule has 0 aromatic carbocycles. The molecule has 1 aliphatic rings. The number of esters is 2. The van der Waals surface area contributed by atoms with E-state index in [0.717, 1.165) is 64.2 Å². The van der Waals surface area contributed by atoms with Gasteiger partial charge in [-0.15, -0.1) is 0 Å². The summed E-state index contributed by atoms with van der Waals surface area (Å²) in [6, 6.07) is 0. The second-order valence-corrected chi connectivity index (χ2v) is 24.5. The van der Waals surface area contributed by atoms with Crippen molar-refractivity contribution in [1.82, 2.24) is 0 Å². The molecular formula is C63H123O13P. The van der Waals surface area contributed by atoms with Gasteiger partial charge in [0.1, 0.15) is 36.6 Å². The Kier molecular flexibility index (Phi) is 50.7. The fraction of sp³-hybridized carbons (Fsp3) is 0.968. The molecule has 77 heavy (non-hydrogen) atoms. The molecule has 0 amide bonds. The van der Waals surface area contributed by atoms with Crippen molar-refractivity contribution in [3.05, 3.63) is 0 Å². The number of aliphatic hydroxyl groups is 4. The Hall–Kier alpha value is -1.15. The van der Waals surface area contributed by atoms with Gasteiger partial charge in [0.2, 0.25) is 0 Å². The van der Waals surface area contributed by atoms with Crippen LogP contribution >= 0.6 is 7.82 Å². The molecule has 5 N–H and O–H groups in total. The third-order valence-corrected chi connectivity index (χ3v) is 16.7. The molecule has 0 bridgehead atoms. The number of aliphatic hydroxyl groups excluding tert-OH is 4. The molecule has 1 saturated carbocycles. The first-order chi connectivity index (χ1) is 37.5. The Balaban J connectivity index is 2.61. The van der Waals surface area contributed by atoms with Crippen LogP contribution < -0.4 is 0 Å². The third-order valence-electron chi connectivity index (χ3n) is 15.7. The maximum atomic E-state index is 13.5. The molecule has 0 spiro atoms. The van der Waals surface area contributed by atoms with E-state index in [1.165, 1.54) is 218 Å². The van der Waals surface area contributed by atoms with Crippen molar-refractivity contribution in [3.63, 3.8) is 0 Å². The quantitative estimate of drug-likeness (QED) is 0.0219. The molecule has 458 valence electrons. The van der Waals surface area contributed by atoms with Gasteiger partial charge < -0.3 is 39.5 Å². The maximum absolute atomic E-state index is 13.5. The average molecular weight is 1120 g/mol. The summed E-state index contributed by atoms with van der Waals surface area (Å²) in [6.07, 6.45) is 43.3. The van der Waals surface area contributed by atoms with Crippen LogP contribution in [0.3, 0.4) is 0 Å². The number of hydrogen-bond acceptors (Lipinski definition) is 12. The predicted molar refractivity (Wildman–Crippen MR) is 314 cm³/mol. The molecule has 0 aromatic heterocycles. The molecule has 0 heterocycles. The van der Waals surface area contributed by atoms with Gasteiger partial charge in [0, 0.05) is 19.4 Å². The highest BCUT2D eigenvalue weighted by molar-refractivity contribution is 7.47. The van der Waals surface area contributed by atoms with Crippen molar-refractivity contribution in [1.29, 1.82) is 0 Å². The van der Waals surface area contributed by atoms with E-state index >= 15 is 0 Å². The van der Waals surface area contributed by atoms with Crippen molar-refractivity contribution in [2.45, 2.75) is 372 Å². The molecule has 0 saturated heterocycles. The van der Waals surface area contributed by atoms with Crippen LogP contribution in [0.4, 0.5) is 0 Å². The van der Waals surface area contributed by atoms with E-state index in [9.17, 15) is 39.5 Å². The van der Waals surface area contributed by atoms with Gasteiger partial charge in [-0.3, -0.25) is 18.6 Å². The molecule has 1 rings (SSSR count). The van der Waals surface area contributed by atoms with Crippen LogP contribution in [0.1, 0.15) is 329 Å². The zero-order valence-electron chi connectivity index (χ0n) is 50.1. The van der Waals surface area contributed by atoms with Gasteiger partial charge in [0.25, 0.3) is 0 Å². The Morgan fingerprint density at radius 2 is 0.662 bits per heavy atom. The molecule has 1 aliphatic carbocycles. The minimum atomic E-state index is -5.14. The lowest BCUT2D eigenvalue weighted by molar-refractivity contribution is -0.231. The lowest BCUT2D eigenvalue weighted by Gasteiger charge is -2.43. The van der Waals surface area contributed by atoms with Crippen LogP contribution in [0, 0.1) is 0 Å². The van der Waals surface area contributed by atoms with Crippen LogP contribution in [0.2, 0.25) is 0 Å². The van der Waals surface area contributed by atoms with Gasteiger partial charge in [-0.25, -0.2) is 4.57 Å². The number of hydrogen-bond donors (Lipinski definition) is 5. The van der Waals surface area contributed by atoms with Gasteiger partial charge in [-0.05, 0) is 19.3 Å². The molecule has 8 atom stereocenters. The topological polar surface area (TPSA) is 199 Å². The SMILES string of the molecule is CCCCCCCCCCCCCCCCCCCC(=O)O[C@H](COCCCCCCCCCCCCCCCCCC)COP(=O)(O)O[C@H]1[C@H](O)[C@@H](O)[C@H](O)[C@@H](O)[C@H]1OC(=O)CCCCCCCCCCCCCCC. The molecule has 0 radical (unpaired) electrons. The van der Waals surface area contributed by atoms with Gasteiger partial charge in [0.15, 0.2) is 6.10 Å². The number of carbonyl (C=O) groups excluding carboxylic acids is 2. The highest BCUT2D eigenvalue weighted by atomic mass is 31.2. The summed E-state index contributed by atoms with van der Waals surface area (Å²) >= 11 is 0. The summed E-state index contributed by atoms with van der Waals surface area (Å²) in [4.78, 5) is 37.0. The van der Waals surface area contributed by atoms with E-state index in [1.54, 1.807) is 0 Å². The van der Waals surface area contributed by atoms with Crippen molar-refractivity contribution in [2.75, 3.05) is 19.8 Å². The highest BCUT2D eigenvalue weighted by Gasteiger charge is 2.54. The van der Waals surface area contributed by atoms with Crippen LogP contribution in [0.25, 0.3) is 0 Å². The zero-order chi connectivity index (χ0) is 56.3. The second-order valence-electron chi connectivity index (χ2n) is 23.1.